The molecule has 1 heterocycles. The average Bonchev–Trinajstić information content (AvgIpc) is 2.78. The molecule has 0 aliphatic carbocycles. The van der Waals surface area contributed by atoms with Gasteiger partial charge in [0.15, 0.2) is 6.29 Å². The van der Waals surface area contributed by atoms with Crippen molar-refractivity contribution in [1.29, 1.82) is 0 Å². The lowest BCUT2D eigenvalue weighted by atomic mass is 10.3. The Morgan fingerprint density at radius 2 is 2.11 bits per heavy atom. The lowest BCUT2D eigenvalue weighted by Crippen LogP contribution is -2.08. The van der Waals surface area contributed by atoms with E-state index < -0.39 is 0 Å². The van der Waals surface area contributed by atoms with E-state index in [1.165, 1.54) is 0 Å². The maximum Gasteiger partial charge on any atom is 0.311 e. The van der Waals surface area contributed by atoms with Gasteiger partial charge in [0.25, 0.3) is 0 Å². The summed E-state index contributed by atoms with van der Waals surface area (Å²) in [6.07, 6.45) is 3.49. The van der Waals surface area contributed by atoms with Gasteiger partial charge in [-0.15, -0.1) is 0 Å². The Labute approximate surface area is 107 Å². The first kappa shape index (κ1) is 14.5. The van der Waals surface area contributed by atoms with Crippen LogP contribution in [0.5, 0.6) is 0 Å². The second-order valence-electron chi connectivity index (χ2n) is 3.62. The monoisotopic (exact) mass is 253 g/mol. The summed E-state index contributed by atoms with van der Waals surface area (Å²) >= 11 is 0. The van der Waals surface area contributed by atoms with Gasteiger partial charge in [0.1, 0.15) is 0 Å². The zero-order chi connectivity index (χ0) is 13.4. The Morgan fingerprint density at radius 1 is 1.39 bits per heavy atom. The lowest BCUT2D eigenvalue weighted by molar-refractivity contribution is -0.142. The summed E-state index contributed by atoms with van der Waals surface area (Å²) in [6.45, 7) is 2.19. The summed E-state index contributed by atoms with van der Waals surface area (Å²) in [4.78, 5) is 14.4. The summed E-state index contributed by atoms with van der Waals surface area (Å²) in [7, 11) is 3.14. The van der Waals surface area contributed by atoms with E-state index in [4.69, 9.17) is 14.2 Å². The van der Waals surface area contributed by atoms with Crippen molar-refractivity contribution < 1.29 is 19.0 Å². The van der Waals surface area contributed by atoms with Gasteiger partial charge in [-0.1, -0.05) is 0 Å². The molecule has 5 heteroatoms. The van der Waals surface area contributed by atoms with E-state index in [9.17, 15) is 4.79 Å². The number of aromatic nitrogens is 1. The highest BCUT2D eigenvalue weighted by atomic mass is 16.7. The van der Waals surface area contributed by atoms with Crippen LogP contribution in [0, 0.1) is 0 Å². The predicted octanol–water partition coefficient (Wildman–Crippen LogP) is 1.75. The molecular formula is C13H19NO4. The SMILES string of the molecule is CCOC(=O)Cc1ccc(/C=C\C(OC)OC)[nH]1. The third kappa shape index (κ3) is 4.73. The highest BCUT2D eigenvalue weighted by Crippen LogP contribution is 2.07. The second-order valence-corrected chi connectivity index (χ2v) is 3.62. The van der Waals surface area contributed by atoms with Gasteiger partial charge in [0.2, 0.25) is 0 Å². The molecule has 1 aromatic rings. The number of nitrogens with one attached hydrogen (secondary N) is 1. The number of carbonyl (C=O) groups excluding carboxylic acids is 1. The van der Waals surface area contributed by atoms with Crippen LogP contribution in [-0.4, -0.2) is 38.1 Å². The van der Waals surface area contributed by atoms with Crippen LogP contribution in [-0.2, 0) is 25.4 Å². The van der Waals surface area contributed by atoms with Crippen LogP contribution in [0.1, 0.15) is 18.3 Å². The van der Waals surface area contributed by atoms with Crippen molar-refractivity contribution in [2.75, 3.05) is 20.8 Å². The quantitative estimate of drug-likeness (QED) is 0.594. The topological polar surface area (TPSA) is 60.6 Å². The molecule has 1 N–H and O–H groups in total. The zero-order valence-corrected chi connectivity index (χ0v) is 10.9. The molecule has 0 aliphatic rings. The molecule has 0 bridgehead atoms. The van der Waals surface area contributed by atoms with E-state index in [2.05, 4.69) is 4.98 Å². The van der Waals surface area contributed by atoms with Gasteiger partial charge < -0.3 is 19.2 Å². The minimum absolute atomic E-state index is 0.235. The van der Waals surface area contributed by atoms with Crippen LogP contribution in [0.4, 0.5) is 0 Å². The Kier molecular flexibility index (Phi) is 6.18. The first-order chi connectivity index (χ1) is 8.69. The molecule has 0 saturated heterocycles. The molecule has 100 valence electrons. The predicted molar refractivity (Wildman–Crippen MR) is 68.0 cm³/mol. The van der Waals surface area contributed by atoms with Crippen LogP contribution >= 0.6 is 0 Å². The third-order valence-electron chi connectivity index (χ3n) is 2.31. The summed E-state index contributed by atoms with van der Waals surface area (Å²) in [6, 6.07) is 3.73. The van der Waals surface area contributed by atoms with Crippen LogP contribution in [0.2, 0.25) is 0 Å². The van der Waals surface area contributed by atoms with Crippen molar-refractivity contribution in [3.05, 3.63) is 29.6 Å². The van der Waals surface area contributed by atoms with Crippen molar-refractivity contribution in [2.24, 2.45) is 0 Å². The van der Waals surface area contributed by atoms with E-state index in [1.807, 2.05) is 18.2 Å². The molecule has 0 unspecified atom stereocenters. The number of methoxy groups -OCH3 is 2. The molecule has 0 radical (unpaired) electrons. The minimum atomic E-state index is -0.373. The number of hydrogen-bond acceptors (Lipinski definition) is 4. The third-order valence-corrected chi connectivity index (χ3v) is 2.31. The first-order valence-electron chi connectivity index (χ1n) is 5.77. The van der Waals surface area contributed by atoms with Crippen molar-refractivity contribution in [1.82, 2.24) is 4.98 Å². The Bertz CT molecular complexity index is 393. The maximum absolute atomic E-state index is 11.3. The Morgan fingerprint density at radius 3 is 2.72 bits per heavy atom. The molecule has 0 spiro atoms. The zero-order valence-electron chi connectivity index (χ0n) is 10.9. The number of ether oxygens (including phenoxy) is 3. The molecule has 0 aromatic carbocycles. The second kappa shape index (κ2) is 7.68. The molecule has 0 amide bonds. The minimum Gasteiger partial charge on any atom is -0.466 e. The van der Waals surface area contributed by atoms with Crippen molar-refractivity contribution in [3.8, 4) is 0 Å². The summed E-state index contributed by atoms with van der Waals surface area (Å²) in [5, 5.41) is 0. The number of esters is 1. The fraction of sp³-hybridized carbons (Fsp3) is 0.462. The molecular weight excluding hydrogens is 234 g/mol. The molecule has 5 nitrogen and oxygen atoms in total. The van der Waals surface area contributed by atoms with Crippen molar-refractivity contribution in [2.45, 2.75) is 19.6 Å². The van der Waals surface area contributed by atoms with Gasteiger partial charge in [-0.2, -0.15) is 0 Å². The van der Waals surface area contributed by atoms with E-state index >= 15 is 0 Å². The normalized spacial score (nSPS) is 11.3. The highest BCUT2D eigenvalue weighted by Gasteiger charge is 2.05. The van der Waals surface area contributed by atoms with Crippen LogP contribution in [0.15, 0.2) is 18.2 Å². The van der Waals surface area contributed by atoms with Crippen molar-refractivity contribution in [3.63, 3.8) is 0 Å². The van der Waals surface area contributed by atoms with Gasteiger partial charge >= 0.3 is 5.97 Å². The largest absolute Gasteiger partial charge is 0.466 e. The summed E-state index contributed by atoms with van der Waals surface area (Å²) in [5.74, 6) is -0.235. The lowest BCUT2D eigenvalue weighted by Gasteiger charge is -2.06. The number of aromatic amines is 1. The standard InChI is InChI=1S/C13H19NO4/c1-4-18-12(15)9-11-6-5-10(14-11)7-8-13(16-2)17-3/h5-8,13-14H,4,9H2,1-3H3/b8-7-. The highest BCUT2D eigenvalue weighted by molar-refractivity contribution is 5.72. The van der Waals surface area contributed by atoms with E-state index in [1.54, 1.807) is 27.2 Å². The van der Waals surface area contributed by atoms with E-state index in [-0.39, 0.29) is 18.7 Å². The van der Waals surface area contributed by atoms with E-state index in [0.29, 0.717) is 6.61 Å². The van der Waals surface area contributed by atoms with Crippen molar-refractivity contribution >= 4 is 12.0 Å². The van der Waals surface area contributed by atoms with Gasteiger partial charge in [-0.3, -0.25) is 4.79 Å². The Hall–Kier alpha value is -1.59. The molecule has 0 saturated carbocycles. The van der Waals surface area contributed by atoms with Crippen LogP contribution in [0.3, 0.4) is 0 Å². The molecule has 0 atom stereocenters. The van der Waals surface area contributed by atoms with Crippen LogP contribution in [0.25, 0.3) is 6.08 Å². The molecule has 1 aromatic heterocycles. The number of carbonyl (C=O) groups is 1. The summed E-state index contributed by atoms with van der Waals surface area (Å²) < 4.78 is 14.9. The molecule has 18 heavy (non-hydrogen) atoms. The van der Waals surface area contributed by atoms with Gasteiger partial charge in [-0.05, 0) is 31.2 Å². The Balaban J connectivity index is 2.55. The number of hydrogen-bond donors (Lipinski definition) is 1. The molecule has 1 rings (SSSR count). The number of rotatable bonds is 7. The fourth-order valence-corrected chi connectivity index (χ4v) is 1.46. The molecule has 0 aliphatic heterocycles. The fourth-order valence-electron chi connectivity index (χ4n) is 1.46. The average molecular weight is 253 g/mol. The first-order valence-corrected chi connectivity index (χ1v) is 5.77. The van der Waals surface area contributed by atoms with Gasteiger partial charge in [-0.25, -0.2) is 0 Å². The summed E-state index contributed by atoms with van der Waals surface area (Å²) in [5.41, 5.74) is 1.70. The van der Waals surface area contributed by atoms with E-state index in [0.717, 1.165) is 11.4 Å². The van der Waals surface area contributed by atoms with Gasteiger partial charge in [0, 0.05) is 25.6 Å². The van der Waals surface area contributed by atoms with Gasteiger partial charge in [0.05, 0.1) is 13.0 Å². The number of H-pyrrole nitrogens is 1. The maximum atomic E-state index is 11.3. The van der Waals surface area contributed by atoms with Crippen LogP contribution < -0.4 is 0 Å². The smallest absolute Gasteiger partial charge is 0.311 e. The molecule has 0 fully saturated rings.